The first-order valence-corrected chi connectivity index (χ1v) is 3.86. The number of ether oxygens (including phenoxy) is 1. The third kappa shape index (κ3) is 6.44. The van der Waals surface area contributed by atoms with Crippen LogP contribution in [0.2, 0.25) is 0 Å². The molecule has 0 aliphatic rings. The van der Waals surface area contributed by atoms with Gasteiger partial charge in [-0.1, -0.05) is 0 Å². The standard InChI is InChI=1S/C5H8O5.C3H7NO/c1-5(9,3(6)7)4(8)10-2;1-4(2)3-5/h9H,1-2H3,(H,6,7);3H,1-2H3. The molecule has 88 valence electrons. The second-order valence-electron chi connectivity index (χ2n) is 2.94. The Bertz CT molecular complexity index is 235. The van der Waals surface area contributed by atoms with Gasteiger partial charge in [-0.25, -0.2) is 9.59 Å². The first-order valence-electron chi connectivity index (χ1n) is 3.86. The predicted octanol–water partition coefficient (Wildman–Crippen LogP) is -1.30. The molecular weight excluding hydrogens is 206 g/mol. The van der Waals surface area contributed by atoms with Crippen LogP contribution < -0.4 is 0 Å². The van der Waals surface area contributed by atoms with Crippen molar-refractivity contribution >= 4 is 18.3 Å². The Kier molecular flexibility index (Phi) is 7.14. The molecule has 0 aromatic carbocycles. The maximum Gasteiger partial charge on any atom is 0.349 e. The summed E-state index contributed by atoms with van der Waals surface area (Å²) in [5.74, 6) is -2.81. The number of aliphatic carboxylic acids is 1. The van der Waals surface area contributed by atoms with Crippen LogP contribution in [0.3, 0.4) is 0 Å². The Hall–Kier alpha value is -1.63. The quantitative estimate of drug-likeness (QED) is 0.348. The number of rotatable bonds is 3. The lowest BCUT2D eigenvalue weighted by atomic mass is 10.1. The average Bonchev–Trinajstić information content (AvgIpc) is 2.17. The molecule has 0 saturated carbocycles. The van der Waals surface area contributed by atoms with Gasteiger partial charge in [-0.3, -0.25) is 4.79 Å². The fourth-order valence-electron chi connectivity index (χ4n) is 0.286. The SMILES string of the molecule is CN(C)C=O.COC(=O)C(C)(O)C(=O)O. The summed E-state index contributed by atoms with van der Waals surface area (Å²) in [7, 11) is 4.37. The monoisotopic (exact) mass is 221 g/mol. The summed E-state index contributed by atoms with van der Waals surface area (Å²) in [6.45, 7) is 0.848. The van der Waals surface area contributed by atoms with Crippen molar-refractivity contribution in [3.05, 3.63) is 0 Å². The minimum absolute atomic E-state index is 0.750. The average molecular weight is 221 g/mol. The zero-order valence-corrected chi connectivity index (χ0v) is 9.05. The highest BCUT2D eigenvalue weighted by molar-refractivity contribution is 6.01. The first-order chi connectivity index (χ1) is 6.69. The van der Waals surface area contributed by atoms with E-state index in [9.17, 15) is 14.4 Å². The molecule has 2 N–H and O–H groups in total. The Balaban J connectivity index is 0. The van der Waals surface area contributed by atoms with Crippen LogP contribution in [0.1, 0.15) is 6.92 Å². The van der Waals surface area contributed by atoms with Gasteiger partial charge in [-0.15, -0.1) is 0 Å². The molecule has 0 aliphatic heterocycles. The molecule has 1 amide bonds. The first kappa shape index (κ1) is 15.8. The van der Waals surface area contributed by atoms with E-state index in [1.165, 1.54) is 4.90 Å². The molecule has 1 unspecified atom stereocenters. The lowest BCUT2D eigenvalue weighted by Crippen LogP contribution is -2.44. The van der Waals surface area contributed by atoms with E-state index in [4.69, 9.17) is 10.2 Å². The second-order valence-corrected chi connectivity index (χ2v) is 2.94. The molecule has 0 bridgehead atoms. The minimum Gasteiger partial charge on any atom is -0.479 e. The van der Waals surface area contributed by atoms with E-state index in [2.05, 4.69) is 4.74 Å². The Morgan fingerprint density at radius 2 is 1.73 bits per heavy atom. The Morgan fingerprint density at radius 3 is 1.80 bits per heavy atom. The fraction of sp³-hybridized carbons (Fsp3) is 0.625. The van der Waals surface area contributed by atoms with Gasteiger partial charge in [0.25, 0.3) is 5.60 Å². The van der Waals surface area contributed by atoms with Gasteiger partial charge < -0.3 is 19.8 Å². The molecule has 0 aromatic rings. The molecule has 0 rings (SSSR count). The van der Waals surface area contributed by atoms with Crippen LogP contribution in [-0.4, -0.2) is 60.3 Å². The van der Waals surface area contributed by atoms with E-state index in [0.29, 0.717) is 0 Å². The van der Waals surface area contributed by atoms with Gasteiger partial charge in [-0.2, -0.15) is 0 Å². The van der Waals surface area contributed by atoms with Gasteiger partial charge in [0, 0.05) is 14.1 Å². The van der Waals surface area contributed by atoms with Crippen molar-refractivity contribution in [1.29, 1.82) is 0 Å². The van der Waals surface area contributed by atoms with Gasteiger partial charge in [0.15, 0.2) is 0 Å². The molecule has 0 radical (unpaired) electrons. The van der Waals surface area contributed by atoms with Crippen LogP contribution in [-0.2, 0) is 19.1 Å². The van der Waals surface area contributed by atoms with E-state index in [1.807, 2.05) is 0 Å². The number of esters is 1. The van der Waals surface area contributed by atoms with Crippen LogP contribution in [0.4, 0.5) is 0 Å². The smallest absolute Gasteiger partial charge is 0.349 e. The number of hydrogen-bond donors (Lipinski definition) is 2. The van der Waals surface area contributed by atoms with Crippen LogP contribution in [0, 0.1) is 0 Å². The van der Waals surface area contributed by atoms with Gasteiger partial charge in [-0.05, 0) is 6.92 Å². The summed E-state index contributed by atoms with van der Waals surface area (Å²) in [6.07, 6.45) is 0.750. The Labute approximate surface area is 87.2 Å². The van der Waals surface area contributed by atoms with Gasteiger partial charge >= 0.3 is 11.9 Å². The molecular formula is C8H15NO6. The molecule has 0 fully saturated rings. The van der Waals surface area contributed by atoms with E-state index in [1.54, 1.807) is 14.1 Å². The van der Waals surface area contributed by atoms with Crippen molar-refractivity contribution in [2.45, 2.75) is 12.5 Å². The van der Waals surface area contributed by atoms with Gasteiger partial charge in [0.05, 0.1) is 7.11 Å². The molecule has 0 spiro atoms. The predicted molar refractivity (Wildman–Crippen MR) is 50.0 cm³/mol. The van der Waals surface area contributed by atoms with E-state index in [-0.39, 0.29) is 0 Å². The number of hydrogen-bond acceptors (Lipinski definition) is 5. The summed E-state index contributed by atoms with van der Waals surface area (Å²) >= 11 is 0. The molecule has 7 heteroatoms. The number of methoxy groups -OCH3 is 1. The molecule has 0 heterocycles. The summed E-state index contributed by atoms with van der Waals surface area (Å²) in [4.78, 5) is 31.4. The Morgan fingerprint density at radius 1 is 1.40 bits per heavy atom. The lowest BCUT2D eigenvalue weighted by molar-refractivity contribution is -0.175. The van der Waals surface area contributed by atoms with Gasteiger partial charge in [0.2, 0.25) is 6.41 Å². The number of amides is 1. The molecule has 7 nitrogen and oxygen atoms in total. The topological polar surface area (TPSA) is 104 Å². The van der Waals surface area contributed by atoms with Crippen LogP contribution in [0.5, 0.6) is 0 Å². The number of carbonyl (C=O) groups is 3. The summed E-state index contributed by atoms with van der Waals surface area (Å²) < 4.78 is 4.01. The van der Waals surface area contributed by atoms with Crippen molar-refractivity contribution in [1.82, 2.24) is 4.90 Å². The molecule has 15 heavy (non-hydrogen) atoms. The third-order valence-electron chi connectivity index (χ3n) is 1.21. The summed E-state index contributed by atoms with van der Waals surface area (Å²) in [5, 5.41) is 17.0. The van der Waals surface area contributed by atoms with Crippen LogP contribution >= 0.6 is 0 Å². The normalized spacial score (nSPS) is 12.6. The third-order valence-corrected chi connectivity index (χ3v) is 1.21. The fourth-order valence-corrected chi connectivity index (χ4v) is 0.286. The second kappa shape index (κ2) is 6.77. The van der Waals surface area contributed by atoms with Crippen molar-refractivity contribution in [2.24, 2.45) is 0 Å². The zero-order valence-electron chi connectivity index (χ0n) is 9.05. The maximum atomic E-state index is 10.4. The number of nitrogens with zero attached hydrogens (tertiary/aromatic N) is 1. The largest absolute Gasteiger partial charge is 0.479 e. The number of carboxylic acid groups (broad SMARTS) is 1. The van der Waals surface area contributed by atoms with Crippen molar-refractivity contribution < 1.29 is 29.3 Å². The maximum absolute atomic E-state index is 10.4. The van der Waals surface area contributed by atoms with Gasteiger partial charge in [0.1, 0.15) is 0 Å². The van der Waals surface area contributed by atoms with E-state index in [0.717, 1.165) is 20.4 Å². The summed E-state index contributed by atoms with van der Waals surface area (Å²) in [5.41, 5.74) is -2.44. The van der Waals surface area contributed by atoms with Crippen LogP contribution in [0.15, 0.2) is 0 Å². The number of carboxylic acids is 1. The number of carbonyl (C=O) groups excluding carboxylic acids is 2. The highest BCUT2D eigenvalue weighted by atomic mass is 16.5. The van der Waals surface area contributed by atoms with Crippen LogP contribution in [0.25, 0.3) is 0 Å². The molecule has 0 aromatic heterocycles. The minimum atomic E-state index is -2.44. The molecule has 0 saturated heterocycles. The highest BCUT2D eigenvalue weighted by Gasteiger charge is 2.40. The number of aliphatic hydroxyl groups is 1. The lowest BCUT2D eigenvalue weighted by Gasteiger charge is -2.13. The highest BCUT2D eigenvalue weighted by Crippen LogP contribution is 2.04. The van der Waals surface area contributed by atoms with Crippen molar-refractivity contribution in [2.75, 3.05) is 21.2 Å². The van der Waals surface area contributed by atoms with Crippen molar-refractivity contribution in [3.8, 4) is 0 Å². The molecule has 1 atom stereocenters. The zero-order chi connectivity index (χ0) is 12.6. The van der Waals surface area contributed by atoms with E-state index < -0.39 is 17.5 Å². The van der Waals surface area contributed by atoms with Crippen molar-refractivity contribution in [3.63, 3.8) is 0 Å². The molecule has 0 aliphatic carbocycles. The van der Waals surface area contributed by atoms with E-state index >= 15 is 0 Å². The summed E-state index contributed by atoms with van der Waals surface area (Å²) in [6, 6.07) is 0.